The monoisotopic (exact) mass is 125 g/mol. The van der Waals surface area contributed by atoms with Crippen LogP contribution < -0.4 is 4.74 Å². The molecule has 47 valence electrons. The molecule has 0 aromatic heterocycles. The van der Waals surface area contributed by atoms with E-state index < -0.39 is 5.82 Å². The Labute approximate surface area is 53.1 Å². The molecule has 0 aliphatic rings. The summed E-state index contributed by atoms with van der Waals surface area (Å²) in [6.45, 7) is 0. The zero-order valence-corrected chi connectivity index (χ0v) is 5.02. The van der Waals surface area contributed by atoms with Gasteiger partial charge in [-0.3, -0.25) is 0 Å². The second kappa shape index (κ2) is 2.49. The van der Waals surface area contributed by atoms with E-state index in [1.807, 2.05) is 0 Å². The van der Waals surface area contributed by atoms with Gasteiger partial charge in [0.15, 0.2) is 11.6 Å². The average Bonchev–Trinajstić information content (AvgIpc) is 1.89. The van der Waals surface area contributed by atoms with Gasteiger partial charge >= 0.3 is 0 Å². The number of hydrogen-bond donors (Lipinski definition) is 0. The molecule has 0 N–H and O–H groups in total. The SMILES string of the molecule is COc1ccc[c]c1F. The van der Waals surface area contributed by atoms with Gasteiger partial charge in [-0.1, -0.05) is 12.1 Å². The van der Waals surface area contributed by atoms with Gasteiger partial charge < -0.3 is 4.74 Å². The smallest absolute Gasteiger partial charge is 0.172 e. The maximum atomic E-state index is 12.4. The van der Waals surface area contributed by atoms with Crippen LogP contribution in [0.25, 0.3) is 0 Å². The molecule has 9 heavy (non-hydrogen) atoms. The first kappa shape index (κ1) is 6.08. The van der Waals surface area contributed by atoms with Crippen molar-refractivity contribution in [2.24, 2.45) is 0 Å². The number of rotatable bonds is 1. The molecule has 0 unspecified atom stereocenters. The Morgan fingerprint density at radius 2 is 2.44 bits per heavy atom. The minimum Gasteiger partial charge on any atom is -0.494 e. The molecule has 0 heterocycles. The van der Waals surface area contributed by atoms with Crippen molar-refractivity contribution in [1.29, 1.82) is 0 Å². The van der Waals surface area contributed by atoms with Crippen molar-refractivity contribution in [3.8, 4) is 5.75 Å². The van der Waals surface area contributed by atoms with Crippen LogP contribution in [0.15, 0.2) is 18.2 Å². The molecule has 0 spiro atoms. The highest BCUT2D eigenvalue weighted by Gasteiger charge is 1.96. The van der Waals surface area contributed by atoms with Crippen LogP contribution in [-0.2, 0) is 0 Å². The average molecular weight is 125 g/mol. The topological polar surface area (TPSA) is 9.23 Å². The molecule has 0 aliphatic carbocycles. The molecular formula is C7H6FO. The van der Waals surface area contributed by atoms with Crippen LogP contribution in [0.2, 0.25) is 0 Å². The van der Waals surface area contributed by atoms with Crippen molar-refractivity contribution in [1.82, 2.24) is 0 Å². The lowest BCUT2D eigenvalue weighted by atomic mass is 10.3. The summed E-state index contributed by atoms with van der Waals surface area (Å²) in [6.07, 6.45) is 0. The Morgan fingerprint density at radius 3 is 2.89 bits per heavy atom. The van der Waals surface area contributed by atoms with Crippen LogP contribution in [0.1, 0.15) is 0 Å². The fourth-order valence-electron chi connectivity index (χ4n) is 0.559. The lowest BCUT2D eigenvalue weighted by molar-refractivity contribution is 0.386. The molecule has 1 radical (unpaired) electrons. The van der Waals surface area contributed by atoms with E-state index in [0.29, 0.717) is 0 Å². The molecule has 1 nitrogen and oxygen atoms in total. The molecule has 2 heteroatoms. The van der Waals surface area contributed by atoms with Gasteiger partial charge in [0, 0.05) is 6.07 Å². The second-order valence-electron chi connectivity index (χ2n) is 1.55. The van der Waals surface area contributed by atoms with Gasteiger partial charge in [0.05, 0.1) is 7.11 Å². The van der Waals surface area contributed by atoms with E-state index in [9.17, 15) is 4.39 Å². The first-order valence-corrected chi connectivity index (χ1v) is 2.55. The largest absolute Gasteiger partial charge is 0.494 e. The van der Waals surface area contributed by atoms with Gasteiger partial charge in [-0.05, 0) is 6.07 Å². The van der Waals surface area contributed by atoms with E-state index in [0.717, 1.165) is 0 Å². The van der Waals surface area contributed by atoms with Gasteiger partial charge in [-0.25, -0.2) is 4.39 Å². The number of methoxy groups -OCH3 is 1. The minimum atomic E-state index is -0.444. The fourth-order valence-corrected chi connectivity index (χ4v) is 0.559. The van der Waals surface area contributed by atoms with Crippen LogP contribution in [0.3, 0.4) is 0 Å². The lowest BCUT2D eigenvalue weighted by Crippen LogP contribution is -1.85. The molecule has 0 saturated heterocycles. The summed E-state index contributed by atoms with van der Waals surface area (Å²) in [5, 5.41) is 0. The van der Waals surface area contributed by atoms with E-state index in [1.54, 1.807) is 12.1 Å². The second-order valence-corrected chi connectivity index (χ2v) is 1.55. The molecule has 1 rings (SSSR count). The Balaban J connectivity index is 3.01. The van der Waals surface area contributed by atoms with Crippen molar-refractivity contribution in [2.75, 3.05) is 7.11 Å². The van der Waals surface area contributed by atoms with Crippen molar-refractivity contribution in [3.63, 3.8) is 0 Å². The van der Waals surface area contributed by atoms with Crippen LogP contribution >= 0.6 is 0 Å². The molecule has 1 aromatic carbocycles. The number of halogens is 1. The third kappa shape index (κ3) is 1.19. The van der Waals surface area contributed by atoms with E-state index in [1.165, 1.54) is 13.2 Å². The lowest BCUT2D eigenvalue weighted by Gasteiger charge is -1.97. The summed E-state index contributed by atoms with van der Waals surface area (Å²) in [4.78, 5) is 0. The molecular weight excluding hydrogens is 119 g/mol. The molecule has 0 fully saturated rings. The Kier molecular flexibility index (Phi) is 1.68. The van der Waals surface area contributed by atoms with E-state index >= 15 is 0 Å². The predicted molar refractivity (Wildman–Crippen MR) is 31.8 cm³/mol. The Morgan fingerprint density at radius 1 is 1.67 bits per heavy atom. The third-order valence-corrected chi connectivity index (χ3v) is 0.990. The first-order chi connectivity index (χ1) is 4.34. The highest BCUT2D eigenvalue weighted by molar-refractivity contribution is 5.22. The Bertz CT molecular complexity index is 198. The van der Waals surface area contributed by atoms with Gasteiger partial charge in [0.25, 0.3) is 0 Å². The maximum Gasteiger partial charge on any atom is 0.172 e. The van der Waals surface area contributed by atoms with Crippen LogP contribution in [0.4, 0.5) is 4.39 Å². The zero-order chi connectivity index (χ0) is 6.69. The quantitative estimate of drug-likeness (QED) is 0.554. The van der Waals surface area contributed by atoms with Gasteiger partial charge in [-0.2, -0.15) is 0 Å². The minimum absolute atomic E-state index is 0.234. The fraction of sp³-hybridized carbons (Fsp3) is 0.143. The normalized spacial score (nSPS) is 9.11. The van der Waals surface area contributed by atoms with Crippen LogP contribution in [-0.4, -0.2) is 7.11 Å². The molecule has 0 atom stereocenters. The van der Waals surface area contributed by atoms with Crippen molar-refractivity contribution in [3.05, 3.63) is 30.1 Å². The van der Waals surface area contributed by atoms with Gasteiger partial charge in [0.1, 0.15) is 0 Å². The molecule has 0 saturated carbocycles. The van der Waals surface area contributed by atoms with E-state index in [4.69, 9.17) is 0 Å². The zero-order valence-electron chi connectivity index (χ0n) is 5.02. The molecule has 0 amide bonds. The van der Waals surface area contributed by atoms with Crippen molar-refractivity contribution >= 4 is 0 Å². The van der Waals surface area contributed by atoms with Gasteiger partial charge in [-0.15, -0.1) is 0 Å². The third-order valence-electron chi connectivity index (χ3n) is 0.990. The number of benzene rings is 1. The van der Waals surface area contributed by atoms with Crippen LogP contribution in [0, 0.1) is 11.9 Å². The molecule has 0 bridgehead atoms. The summed E-state index contributed by atoms with van der Waals surface area (Å²) in [7, 11) is 1.42. The highest BCUT2D eigenvalue weighted by atomic mass is 19.1. The summed E-state index contributed by atoms with van der Waals surface area (Å²) in [5.41, 5.74) is 0. The molecule has 1 aromatic rings. The first-order valence-electron chi connectivity index (χ1n) is 2.55. The van der Waals surface area contributed by atoms with Crippen LogP contribution in [0.5, 0.6) is 5.75 Å². The van der Waals surface area contributed by atoms with Crippen molar-refractivity contribution < 1.29 is 9.13 Å². The predicted octanol–water partition coefficient (Wildman–Crippen LogP) is 1.63. The summed E-state index contributed by atoms with van der Waals surface area (Å²) >= 11 is 0. The highest BCUT2D eigenvalue weighted by Crippen LogP contribution is 2.12. The Hall–Kier alpha value is -1.05. The summed E-state index contributed by atoms with van der Waals surface area (Å²) in [5.74, 6) is -0.211. The van der Waals surface area contributed by atoms with Gasteiger partial charge in [0.2, 0.25) is 0 Å². The van der Waals surface area contributed by atoms with Crippen molar-refractivity contribution in [2.45, 2.75) is 0 Å². The maximum absolute atomic E-state index is 12.4. The number of hydrogen-bond acceptors (Lipinski definition) is 1. The summed E-state index contributed by atoms with van der Waals surface area (Å²) < 4.78 is 17.0. The summed E-state index contributed by atoms with van der Waals surface area (Å²) in [6, 6.07) is 7.07. The van der Waals surface area contributed by atoms with E-state index in [2.05, 4.69) is 10.8 Å². The number of ether oxygens (including phenoxy) is 1. The standard InChI is InChI=1S/C7H6FO/c1-9-7-5-3-2-4-6(7)8/h2-3,5H,1H3. The molecule has 0 aliphatic heterocycles. The van der Waals surface area contributed by atoms with E-state index in [-0.39, 0.29) is 5.75 Å².